The van der Waals surface area contributed by atoms with Crippen LogP contribution in [0.2, 0.25) is 5.02 Å². The Kier molecular flexibility index (Phi) is 2.83. The zero-order chi connectivity index (χ0) is 14.7. The molecule has 1 aromatic heterocycles. The lowest BCUT2D eigenvalue weighted by atomic mass is 9.81. The van der Waals surface area contributed by atoms with Gasteiger partial charge in [-0.25, -0.2) is 15.3 Å². The van der Waals surface area contributed by atoms with Crippen molar-refractivity contribution < 1.29 is 4.84 Å². The molecule has 4 nitrogen and oxygen atoms in total. The monoisotopic (exact) mass is 333 g/mol. The lowest BCUT2D eigenvalue weighted by Gasteiger charge is -2.47. The van der Waals surface area contributed by atoms with Gasteiger partial charge >= 0.3 is 0 Å². The first kappa shape index (κ1) is 13.3. The average Bonchev–Trinajstić information content (AvgIpc) is 3.14. The first-order chi connectivity index (χ1) is 10.7. The van der Waals surface area contributed by atoms with Gasteiger partial charge in [-0.2, -0.15) is 0 Å². The third-order valence-corrected chi connectivity index (χ3v) is 6.65. The van der Waals surface area contributed by atoms with Gasteiger partial charge in [0.05, 0.1) is 21.1 Å². The molecule has 0 saturated carbocycles. The van der Waals surface area contributed by atoms with E-state index in [0.717, 1.165) is 32.4 Å². The fraction of sp³-hybridized carbons (Fsp3) is 0.438. The Hall–Kier alpha value is -1.14. The Morgan fingerprint density at radius 2 is 2.23 bits per heavy atom. The maximum absolute atomic E-state index is 6.28. The largest absolute Gasteiger partial charge is 0.298 e. The van der Waals surface area contributed by atoms with Crippen molar-refractivity contribution in [3.05, 3.63) is 34.2 Å². The van der Waals surface area contributed by atoms with Gasteiger partial charge in [-0.3, -0.25) is 4.90 Å². The van der Waals surface area contributed by atoms with E-state index in [0.29, 0.717) is 5.92 Å². The highest BCUT2D eigenvalue weighted by molar-refractivity contribution is 7.21. The van der Waals surface area contributed by atoms with Crippen LogP contribution in [0.15, 0.2) is 29.3 Å². The van der Waals surface area contributed by atoms with Crippen molar-refractivity contribution in [3.8, 4) is 0 Å². The molecule has 4 aliphatic heterocycles. The number of fused-ring (bicyclic) bond motifs is 3. The lowest BCUT2D eigenvalue weighted by molar-refractivity contribution is -0.155. The lowest BCUT2D eigenvalue weighted by Crippen LogP contribution is -2.58. The number of nitrogens with zero attached hydrogens (tertiary/aromatic N) is 2. The second kappa shape index (κ2) is 4.68. The van der Waals surface area contributed by atoms with E-state index in [1.807, 2.05) is 12.1 Å². The molecule has 1 atom stereocenters. The molecule has 114 valence electrons. The number of rotatable bonds is 1. The SMILES string of the molecule is Clc1cccc2cc(C3=NC4(CN5CCC4CC5)ON3)sc12. The highest BCUT2D eigenvalue weighted by Gasteiger charge is 2.51. The summed E-state index contributed by atoms with van der Waals surface area (Å²) >= 11 is 7.95. The van der Waals surface area contributed by atoms with Gasteiger partial charge in [0, 0.05) is 5.92 Å². The van der Waals surface area contributed by atoms with Crippen LogP contribution in [-0.4, -0.2) is 36.1 Å². The molecule has 1 aromatic carbocycles. The number of piperidine rings is 3. The van der Waals surface area contributed by atoms with Crippen LogP contribution >= 0.6 is 22.9 Å². The number of hydroxylamine groups is 1. The Morgan fingerprint density at radius 1 is 1.36 bits per heavy atom. The molecule has 1 N–H and O–H groups in total. The molecular formula is C16H16ClN3OS. The number of hydrogen-bond acceptors (Lipinski definition) is 5. The summed E-state index contributed by atoms with van der Waals surface area (Å²) in [5, 5.41) is 1.96. The summed E-state index contributed by atoms with van der Waals surface area (Å²) in [7, 11) is 0. The molecule has 3 saturated heterocycles. The van der Waals surface area contributed by atoms with Gasteiger partial charge < -0.3 is 0 Å². The fourth-order valence-corrected chi connectivity index (χ4v) is 5.15. The Bertz CT molecular complexity index is 781. The normalized spacial score (nSPS) is 33.4. The molecule has 0 amide bonds. The van der Waals surface area contributed by atoms with Crippen LogP contribution < -0.4 is 5.48 Å². The summed E-state index contributed by atoms with van der Waals surface area (Å²) in [6, 6.07) is 8.14. The molecule has 1 unspecified atom stereocenters. The minimum atomic E-state index is -0.383. The number of benzene rings is 1. The summed E-state index contributed by atoms with van der Waals surface area (Å²) in [5.41, 5.74) is 2.71. The van der Waals surface area contributed by atoms with Gasteiger partial charge in [0.1, 0.15) is 0 Å². The second-order valence-corrected chi connectivity index (χ2v) is 7.79. The molecule has 3 fully saturated rings. The smallest absolute Gasteiger partial charge is 0.202 e. The molecule has 0 aliphatic carbocycles. The van der Waals surface area contributed by atoms with E-state index in [4.69, 9.17) is 21.4 Å². The van der Waals surface area contributed by atoms with E-state index >= 15 is 0 Å². The standard InChI is InChI=1S/C16H16ClN3OS/c17-12-3-1-2-10-8-13(22-14(10)12)15-18-16(21-19-15)9-20-6-4-11(16)5-7-20/h1-3,8,11H,4-7,9H2,(H,18,19). The van der Waals surface area contributed by atoms with E-state index in [2.05, 4.69) is 22.5 Å². The molecule has 5 heterocycles. The minimum absolute atomic E-state index is 0.383. The van der Waals surface area contributed by atoms with Gasteiger partial charge in [-0.05, 0) is 43.5 Å². The van der Waals surface area contributed by atoms with Gasteiger partial charge in [-0.15, -0.1) is 11.3 Å². The first-order valence-corrected chi connectivity index (χ1v) is 8.88. The Morgan fingerprint density at radius 3 is 2.95 bits per heavy atom. The number of amidine groups is 1. The molecule has 22 heavy (non-hydrogen) atoms. The molecule has 6 heteroatoms. The zero-order valence-electron chi connectivity index (χ0n) is 12.0. The van der Waals surface area contributed by atoms with Crippen molar-refractivity contribution in [3.63, 3.8) is 0 Å². The van der Waals surface area contributed by atoms with Crippen LogP contribution in [0.4, 0.5) is 0 Å². The van der Waals surface area contributed by atoms with Crippen molar-refractivity contribution in [1.29, 1.82) is 0 Å². The van der Waals surface area contributed by atoms with E-state index in [1.54, 1.807) is 11.3 Å². The highest BCUT2D eigenvalue weighted by atomic mass is 35.5. The van der Waals surface area contributed by atoms with Crippen molar-refractivity contribution in [2.75, 3.05) is 19.6 Å². The van der Waals surface area contributed by atoms with Crippen LogP contribution in [0, 0.1) is 5.92 Å². The molecule has 2 bridgehead atoms. The van der Waals surface area contributed by atoms with Crippen LogP contribution in [-0.2, 0) is 4.84 Å². The van der Waals surface area contributed by atoms with Crippen molar-refractivity contribution in [2.45, 2.75) is 18.6 Å². The summed E-state index contributed by atoms with van der Waals surface area (Å²) in [6.45, 7) is 3.26. The van der Waals surface area contributed by atoms with Crippen molar-refractivity contribution in [2.24, 2.45) is 10.9 Å². The van der Waals surface area contributed by atoms with E-state index < -0.39 is 0 Å². The zero-order valence-corrected chi connectivity index (χ0v) is 13.6. The van der Waals surface area contributed by atoms with E-state index in [9.17, 15) is 0 Å². The van der Waals surface area contributed by atoms with Crippen LogP contribution in [0.5, 0.6) is 0 Å². The fourth-order valence-electron chi connectivity index (χ4n) is 3.86. The van der Waals surface area contributed by atoms with Crippen molar-refractivity contribution in [1.82, 2.24) is 10.4 Å². The van der Waals surface area contributed by atoms with Gasteiger partial charge in [0.2, 0.25) is 5.72 Å². The third kappa shape index (κ3) is 1.86. The predicted octanol–water partition coefficient (Wildman–Crippen LogP) is 3.26. The number of thiophene rings is 1. The number of nitrogens with one attached hydrogen (secondary N) is 1. The maximum atomic E-state index is 6.28. The Labute approximate surface area is 137 Å². The Balaban J connectivity index is 1.55. The molecule has 1 spiro atoms. The van der Waals surface area contributed by atoms with Gasteiger partial charge in [-0.1, -0.05) is 23.7 Å². The quantitative estimate of drug-likeness (QED) is 0.870. The van der Waals surface area contributed by atoms with E-state index in [1.165, 1.54) is 25.9 Å². The van der Waals surface area contributed by atoms with Crippen LogP contribution in [0.1, 0.15) is 17.7 Å². The third-order valence-electron chi connectivity index (χ3n) is 5.03. The minimum Gasteiger partial charge on any atom is -0.298 e. The summed E-state index contributed by atoms with van der Waals surface area (Å²) in [4.78, 5) is 14.5. The maximum Gasteiger partial charge on any atom is 0.202 e. The average molecular weight is 334 g/mol. The summed E-state index contributed by atoms with van der Waals surface area (Å²) < 4.78 is 1.11. The number of aliphatic imine (C=N–C) groups is 1. The number of halogens is 1. The second-order valence-electron chi connectivity index (χ2n) is 6.33. The van der Waals surface area contributed by atoms with Crippen LogP contribution in [0.3, 0.4) is 0 Å². The molecule has 2 aromatic rings. The predicted molar refractivity (Wildman–Crippen MR) is 89.5 cm³/mol. The molecule has 4 aliphatic rings. The topological polar surface area (TPSA) is 36.9 Å². The molecule has 0 radical (unpaired) electrons. The molecular weight excluding hydrogens is 318 g/mol. The summed E-state index contributed by atoms with van der Waals surface area (Å²) in [6.07, 6.45) is 2.35. The molecule has 6 rings (SSSR count). The highest BCUT2D eigenvalue weighted by Crippen LogP contribution is 2.42. The number of hydrogen-bond donors (Lipinski definition) is 1. The summed E-state index contributed by atoms with van der Waals surface area (Å²) in [5.74, 6) is 1.38. The van der Waals surface area contributed by atoms with Crippen LogP contribution in [0.25, 0.3) is 10.1 Å². The van der Waals surface area contributed by atoms with Gasteiger partial charge in [0.25, 0.3) is 0 Å². The van der Waals surface area contributed by atoms with E-state index in [-0.39, 0.29) is 5.72 Å². The van der Waals surface area contributed by atoms with Gasteiger partial charge in [0.15, 0.2) is 5.84 Å². The first-order valence-electron chi connectivity index (χ1n) is 7.68. The van der Waals surface area contributed by atoms with Crippen molar-refractivity contribution >= 4 is 38.9 Å².